The molecule has 0 aliphatic heterocycles. The Hall–Kier alpha value is -2.75. The minimum Gasteiger partial charge on any atom is -0.495 e. The number of nitrogens with two attached hydrogens (primary N) is 1. The average Bonchev–Trinajstić information content (AvgIpc) is 3.03. The highest BCUT2D eigenvalue weighted by atomic mass is 32.2. The van der Waals surface area contributed by atoms with Crippen molar-refractivity contribution in [2.75, 3.05) is 12.4 Å². The second kappa shape index (κ2) is 7.70. The van der Waals surface area contributed by atoms with Crippen LogP contribution in [0.4, 0.5) is 10.1 Å². The predicted octanol–water partition coefficient (Wildman–Crippen LogP) is 3.77. The van der Waals surface area contributed by atoms with E-state index >= 15 is 0 Å². The van der Waals surface area contributed by atoms with Crippen molar-refractivity contribution in [1.82, 2.24) is 0 Å². The van der Waals surface area contributed by atoms with Crippen molar-refractivity contribution in [1.29, 1.82) is 0 Å². The third-order valence-electron chi connectivity index (χ3n) is 3.98. The molecule has 0 aliphatic carbocycles. The summed E-state index contributed by atoms with van der Waals surface area (Å²) in [5.74, 6) is -0.640. The first-order chi connectivity index (χ1) is 13.2. The monoisotopic (exact) mass is 420 g/mol. The van der Waals surface area contributed by atoms with Crippen LogP contribution < -0.4 is 15.2 Å². The standard InChI is InChI=1S/C19H17FN2O4S2/c1-11-9-16(27-18(11)12-3-5-13(20)6-4-12)19(23)22-14-7-8-15(26-2)17(10-14)28(21,24)25/h3-10H,1-2H3,(H,22,23)(H2,21,24,25). The van der Waals surface area contributed by atoms with E-state index in [1.54, 1.807) is 18.2 Å². The molecule has 0 saturated heterocycles. The van der Waals surface area contributed by atoms with Crippen LogP contribution in [0.5, 0.6) is 5.75 Å². The molecule has 6 nitrogen and oxygen atoms in total. The molecule has 28 heavy (non-hydrogen) atoms. The number of carbonyl (C=O) groups is 1. The second-order valence-electron chi connectivity index (χ2n) is 5.99. The minimum absolute atomic E-state index is 0.0889. The number of ether oxygens (including phenoxy) is 1. The highest BCUT2D eigenvalue weighted by Gasteiger charge is 2.18. The van der Waals surface area contributed by atoms with Crippen LogP contribution in [0.25, 0.3) is 10.4 Å². The molecule has 0 fully saturated rings. The van der Waals surface area contributed by atoms with Crippen molar-refractivity contribution in [3.63, 3.8) is 0 Å². The maximum Gasteiger partial charge on any atom is 0.265 e. The molecule has 146 valence electrons. The number of anilines is 1. The van der Waals surface area contributed by atoms with E-state index in [4.69, 9.17) is 9.88 Å². The van der Waals surface area contributed by atoms with Crippen molar-refractivity contribution in [2.24, 2.45) is 5.14 Å². The Bertz CT molecular complexity index is 1140. The number of methoxy groups -OCH3 is 1. The number of halogens is 1. The summed E-state index contributed by atoms with van der Waals surface area (Å²) < 4.78 is 41.5. The van der Waals surface area contributed by atoms with E-state index in [0.29, 0.717) is 4.88 Å². The summed E-state index contributed by atoms with van der Waals surface area (Å²) in [6.07, 6.45) is 0. The van der Waals surface area contributed by atoms with Crippen LogP contribution >= 0.6 is 11.3 Å². The van der Waals surface area contributed by atoms with Gasteiger partial charge < -0.3 is 10.1 Å². The largest absolute Gasteiger partial charge is 0.495 e. The summed E-state index contributed by atoms with van der Waals surface area (Å²) in [6.45, 7) is 1.86. The third-order valence-corrected chi connectivity index (χ3v) is 6.19. The molecule has 0 atom stereocenters. The zero-order valence-electron chi connectivity index (χ0n) is 15.0. The summed E-state index contributed by atoms with van der Waals surface area (Å²) in [6, 6.07) is 11.9. The minimum atomic E-state index is -4.01. The Morgan fingerprint density at radius 1 is 1.14 bits per heavy atom. The van der Waals surface area contributed by atoms with Crippen molar-refractivity contribution >= 4 is 33.0 Å². The van der Waals surface area contributed by atoms with E-state index in [-0.39, 0.29) is 22.1 Å². The number of aryl methyl sites for hydroxylation is 1. The van der Waals surface area contributed by atoms with Gasteiger partial charge >= 0.3 is 0 Å². The highest BCUT2D eigenvalue weighted by Crippen LogP contribution is 2.33. The van der Waals surface area contributed by atoms with Crippen molar-refractivity contribution < 1.29 is 22.3 Å². The molecule has 1 heterocycles. The number of primary sulfonamides is 1. The summed E-state index contributed by atoms with van der Waals surface area (Å²) in [7, 11) is -2.69. The van der Waals surface area contributed by atoms with Crippen LogP contribution in [0.2, 0.25) is 0 Å². The van der Waals surface area contributed by atoms with Gasteiger partial charge in [-0.05, 0) is 54.4 Å². The number of benzene rings is 2. The molecular weight excluding hydrogens is 403 g/mol. The second-order valence-corrected chi connectivity index (χ2v) is 8.58. The molecule has 3 aromatic rings. The smallest absolute Gasteiger partial charge is 0.265 e. The first-order valence-corrected chi connectivity index (χ1v) is 10.4. The molecule has 3 rings (SSSR count). The number of hydrogen-bond acceptors (Lipinski definition) is 5. The molecule has 0 aliphatic rings. The van der Waals surface area contributed by atoms with E-state index in [1.165, 1.54) is 48.8 Å². The van der Waals surface area contributed by atoms with Crippen LogP contribution in [-0.4, -0.2) is 21.4 Å². The van der Waals surface area contributed by atoms with Crippen molar-refractivity contribution in [3.05, 3.63) is 64.8 Å². The van der Waals surface area contributed by atoms with E-state index in [9.17, 15) is 17.6 Å². The number of sulfonamides is 1. The highest BCUT2D eigenvalue weighted by molar-refractivity contribution is 7.89. The first kappa shape index (κ1) is 20.0. The van der Waals surface area contributed by atoms with Gasteiger partial charge in [-0.15, -0.1) is 11.3 Å². The van der Waals surface area contributed by atoms with Crippen molar-refractivity contribution in [3.8, 4) is 16.2 Å². The molecule has 2 aromatic carbocycles. The Labute approximate surface area is 165 Å². The van der Waals surface area contributed by atoms with Gasteiger partial charge in [-0.2, -0.15) is 0 Å². The van der Waals surface area contributed by atoms with Crippen LogP contribution in [0, 0.1) is 12.7 Å². The number of amides is 1. The van der Waals surface area contributed by atoms with Gasteiger partial charge in [0, 0.05) is 10.6 Å². The molecule has 0 saturated carbocycles. The summed E-state index contributed by atoms with van der Waals surface area (Å²) >= 11 is 1.26. The molecule has 0 radical (unpaired) electrons. The number of hydrogen-bond donors (Lipinski definition) is 2. The Kier molecular flexibility index (Phi) is 5.50. The molecule has 9 heteroatoms. The summed E-state index contributed by atoms with van der Waals surface area (Å²) in [5.41, 5.74) is 1.95. The zero-order valence-corrected chi connectivity index (χ0v) is 16.7. The number of nitrogens with one attached hydrogen (secondary N) is 1. The molecule has 0 spiro atoms. The van der Waals surface area contributed by atoms with Gasteiger partial charge in [0.2, 0.25) is 10.0 Å². The lowest BCUT2D eigenvalue weighted by Crippen LogP contribution is -2.15. The van der Waals surface area contributed by atoms with Crippen molar-refractivity contribution in [2.45, 2.75) is 11.8 Å². The Morgan fingerprint density at radius 2 is 1.82 bits per heavy atom. The maximum absolute atomic E-state index is 13.1. The van der Waals surface area contributed by atoms with Gasteiger partial charge in [0.25, 0.3) is 5.91 Å². The molecule has 0 bridgehead atoms. The predicted molar refractivity (Wildman–Crippen MR) is 107 cm³/mol. The van der Waals surface area contributed by atoms with Gasteiger partial charge in [-0.25, -0.2) is 17.9 Å². The normalized spacial score (nSPS) is 11.3. The number of rotatable bonds is 5. The zero-order chi connectivity index (χ0) is 20.5. The lowest BCUT2D eigenvalue weighted by atomic mass is 10.1. The topological polar surface area (TPSA) is 98.5 Å². The summed E-state index contributed by atoms with van der Waals surface area (Å²) in [5, 5.41) is 7.86. The molecular formula is C19H17FN2O4S2. The lowest BCUT2D eigenvalue weighted by Gasteiger charge is -2.09. The van der Waals surface area contributed by atoms with Gasteiger partial charge in [0.05, 0.1) is 12.0 Å². The third kappa shape index (κ3) is 4.22. The van der Waals surface area contributed by atoms with E-state index in [2.05, 4.69) is 5.32 Å². The van der Waals surface area contributed by atoms with Gasteiger partial charge in [0.1, 0.15) is 16.5 Å². The number of thiophene rings is 1. The molecule has 1 amide bonds. The quantitative estimate of drug-likeness (QED) is 0.656. The van der Waals surface area contributed by atoms with Crippen LogP contribution in [0.3, 0.4) is 0 Å². The fourth-order valence-corrected chi connectivity index (χ4v) is 4.45. The maximum atomic E-state index is 13.1. The fourth-order valence-electron chi connectivity index (χ4n) is 2.65. The lowest BCUT2D eigenvalue weighted by molar-refractivity contribution is 0.103. The Balaban J connectivity index is 1.88. The molecule has 1 aromatic heterocycles. The van der Waals surface area contributed by atoms with E-state index in [0.717, 1.165) is 16.0 Å². The number of carbonyl (C=O) groups excluding carboxylic acids is 1. The summed E-state index contributed by atoms with van der Waals surface area (Å²) in [4.78, 5) is 13.7. The first-order valence-electron chi connectivity index (χ1n) is 8.07. The average molecular weight is 420 g/mol. The van der Waals surface area contributed by atoms with Crippen LogP contribution in [0.15, 0.2) is 53.4 Å². The van der Waals surface area contributed by atoms with Crippen LogP contribution in [0.1, 0.15) is 15.2 Å². The van der Waals surface area contributed by atoms with E-state index in [1.807, 2.05) is 6.92 Å². The van der Waals surface area contributed by atoms with Gasteiger partial charge in [0.15, 0.2) is 0 Å². The molecule has 0 unspecified atom stereocenters. The SMILES string of the molecule is COc1ccc(NC(=O)c2cc(C)c(-c3ccc(F)cc3)s2)cc1S(N)(=O)=O. The molecule has 3 N–H and O–H groups in total. The fraction of sp³-hybridized carbons (Fsp3) is 0.105. The van der Waals surface area contributed by atoms with E-state index < -0.39 is 15.9 Å². The Morgan fingerprint density at radius 3 is 2.43 bits per heavy atom. The van der Waals surface area contributed by atoms with Gasteiger partial charge in [-0.1, -0.05) is 12.1 Å². The van der Waals surface area contributed by atoms with Gasteiger partial charge in [-0.3, -0.25) is 4.79 Å². The van der Waals surface area contributed by atoms with Crippen LogP contribution in [-0.2, 0) is 10.0 Å².